The summed E-state index contributed by atoms with van der Waals surface area (Å²) in [5.74, 6) is 1.21. The smallest absolute Gasteiger partial charge is 0.139 e. The minimum atomic E-state index is 0.304. The Balaban J connectivity index is 1.73. The summed E-state index contributed by atoms with van der Waals surface area (Å²) in [7, 11) is 0. The van der Waals surface area contributed by atoms with Crippen molar-refractivity contribution < 1.29 is 5.21 Å². The maximum atomic E-state index is 8.50. The van der Waals surface area contributed by atoms with Crippen LogP contribution in [0, 0.1) is 11.3 Å². The van der Waals surface area contributed by atoms with E-state index >= 15 is 0 Å². The Hall–Kier alpha value is -0.770. The zero-order valence-corrected chi connectivity index (χ0v) is 8.66. The molecule has 0 spiro atoms. The fourth-order valence-electron chi connectivity index (χ4n) is 1.97. The summed E-state index contributed by atoms with van der Waals surface area (Å²) in [6.07, 6.45) is 4.45. The topological polar surface area (TPSA) is 70.6 Å². The molecule has 80 valence electrons. The van der Waals surface area contributed by atoms with Crippen molar-refractivity contribution in [3.63, 3.8) is 0 Å². The molecular weight excluding hydrogens is 178 g/mol. The Kier molecular flexibility index (Phi) is 2.39. The van der Waals surface area contributed by atoms with Crippen LogP contribution in [0.2, 0.25) is 0 Å². The molecule has 2 aliphatic carbocycles. The molecule has 4 heteroatoms. The van der Waals surface area contributed by atoms with Crippen molar-refractivity contribution in [1.29, 1.82) is 0 Å². The van der Waals surface area contributed by atoms with Gasteiger partial charge < -0.3 is 16.3 Å². The van der Waals surface area contributed by atoms with Gasteiger partial charge in [0.05, 0.1) is 0 Å². The Morgan fingerprint density at radius 1 is 1.64 bits per heavy atom. The number of amidine groups is 1. The van der Waals surface area contributed by atoms with Gasteiger partial charge in [-0.1, -0.05) is 12.1 Å². The molecule has 2 atom stereocenters. The number of hydrogen-bond acceptors (Lipinski definition) is 3. The molecule has 14 heavy (non-hydrogen) atoms. The molecule has 4 nitrogen and oxygen atoms in total. The lowest BCUT2D eigenvalue weighted by atomic mass is 10.0. The van der Waals surface area contributed by atoms with Crippen LogP contribution in [-0.2, 0) is 0 Å². The van der Waals surface area contributed by atoms with Gasteiger partial charge in [0, 0.05) is 19.0 Å². The Labute approximate surface area is 84.5 Å². The van der Waals surface area contributed by atoms with E-state index in [0.29, 0.717) is 11.3 Å². The van der Waals surface area contributed by atoms with Gasteiger partial charge in [0.15, 0.2) is 0 Å². The molecule has 0 amide bonds. The van der Waals surface area contributed by atoms with Crippen molar-refractivity contribution in [2.75, 3.05) is 6.54 Å². The van der Waals surface area contributed by atoms with Gasteiger partial charge in [0.25, 0.3) is 0 Å². The van der Waals surface area contributed by atoms with Crippen LogP contribution in [0.3, 0.4) is 0 Å². The summed E-state index contributed by atoms with van der Waals surface area (Å²) in [5.41, 5.74) is 5.82. The second-order valence-corrected chi connectivity index (χ2v) is 4.97. The lowest BCUT2D eigenvalue weighted by Gasteiger charge is -2.14. The first-order chi connectivity index (χ1) is 6.65. The van der Waals surface area contributed by atoms with E-state index in [2.05, 4.69) is 17.4 Å². The van der Waals surface area contributed by atoms with E-state index in [1.54, 1.807) is 0 Å². The average Bonchev–Trinajstić information content (AvgIpc) is 3.03. The summed E-state index contributed by atoms with van der Waals surface area (Å²) >= 11 is 0. The van der Waals surface area contributed by atoms with Crippen LogP contribution in [0.15, 0.2) is 5.16 Å². The van der Waals surface area contributed by atoms with Crippen molar-refractivity contribution in [2.24, 2.45) is 22.2 Å². The summed E-state index contributed by atoms with van der Waals surface area (Å²) in [6.45, 7) is 3.29. The highest BCUT2D eigenvalue weighted by Crippen LogP contribution is 2.48. The highest BCUT2D eigenvalue weighted by Gasteiger charge is 2.45. The molecule has 0 aromatic rings. The van der Waals surface area contributed by atoms with Crippen molar-refractivity contribution in [3.8, 4) is 0 Å². The zero-order chi connectivity index (χ0) is 10.2. The van der Waals surface area contributed by atoms with Gasteiger partial charge in [-0.15, -0.1) is 0 Å². The van der Waals surface area contributed by atoms with Gasteiger partial charge >= 0.3 is 0 Å². The highest BCUT2D eigenvalue weighted by atomic mass is 16.4. The van der Waals surface area contributed by atoms with E-state index < -0.39 is 0 Å². The van der Waals surface area contributed by atoms with E-state index in [4.69, 9.17) is 10.9 Å². The van der Waals surface area contributed by atoms with Gasteiger partial charge in [0.2, 0.25) is 0 Å². The van der Waals surface area contributed by atoms with Gasteiger partial charge in [-0.25, -0.2) is 0 Å². The second kappa shape index (κ2) is 3.42. The van der Waals surface area contributed by atoms with Crippen molar-refractivity contribution in [1.82, 2.24) is 5.32 Å². The van der Waals surface area contributed by atoms with Crippen LogP contribution in [0.1, 0.15) is 32.6 Å². The highest BCUT2D eigenvalue weighted by molar-refractivity contribution is 5.80. The van der Waals surface area contributed by atoms with E-state index in [1.165, 1.54) is 19.3 Å². The van der Waals surface area contributed by atoms with Crippen molar-refractivity contribution in [2.45, 2.75) is 38.6 Å². The normalized spacial score (nSPS) is 34.2. The van der Waals surface area contributed by atoms with Crippen LogP contribution >= 0.6 is 0 Å². The van der Waals surface area contributed by atoms with Crippen LogP contribution in [0.4, 0.5) is 0 Å². The molecule has 0 heterocycles. The molecule has 0 aliphatic heterocycles. The van der Waals surface area contributed by atoms with Gasteiger partial charge in [0.1, 0.15) is 5.84 Å². The fourth-order valence-corrected chi connectivity index (χ4v) is 1.97. The molecule has 2 aliphatic rings. The average molecular weight is 197 g/mol. The number of oxime groups is 1. The van der Waals surface area contributed by atoms with E-state index in [0.717, 1.165) is 24.9 Å². The third-order valence-electron chi connectivity index (χ3n) is 3.49. The molecule has 2 saturated carbocycles. The largest absolute Gasteiger partial charge is 0.409 e. The number of rotatable bonds is 5. The first kappa shape index (κ1) is 9.77. The zero-order valence-electron chi connectivity index (χ0n) is 8.66. The minimum absolute atomic E-state index is 0.304. The molecule has 2 unspecified atom stereocenters. The summed E-state index contributed by atoms with van der Waals surface area (Å²) < 4.78 is 0. The third-order valence-corrected chi connectivity index (χ3v) is 3.49. The summed E-state index contributed by atoms with van der Waals surface area (Å²) in [5, 5.41) is 15.1. The predicted octanol–water partition coefficient (Wildman–Crippen LogP) is 0.901. The number of hydrogen-bond donors (Lipinski definition) is 3. The van der Waals surface area contributed by atoms with E-state index in [1.807, 2.05) is 0 Å². The Morgan fingerprint density at radius 2 is 2.29 bits per heavy atom. The molecule has 0 bridgehead atoms. The summed E-state index contributed by atoms with van der Waals surface area (Å²) in [4.78, 5) is 0. The lowest BCUT2D eigenvalue weighted by molar-refractivity contribution is 0.314. The lowest BCUT2D eigenvalue weighted by Crippen LogP contribution is -2.30. The third kappa shape index (κ3) is 2.18. The van der Waals surface area contributed by atoms with Crippen LogP contribution in [-0.4, -0.2) is 23.6 Å². The molecule has 2 rings (SSSR count). The summed E-state index contributed by atoms with van der Waals surface area (Å²) in [6, 6.07) is 0.722. The monoisotopic (exact) mass is 197 g/mol. The first-order valence-corrected chi connectivity index (χ1v) is 5.35. The van der Waals surface area contributed by atoms with Gasteiger partial charge in [-0.2, -0.15) is 0 Å². The number of nitrogens with zero attached hydrogens (tertiary/aromatic N) is 1. The van der Waals surface area contributed by atoms with Crippen LogP contribution < -0.4 is 11.1 Å². The molecule has 4 N–H and O–H groups in total. The maximum Gasteiger partial charge on any atom is 0.139 e. The second-order valence-electron chi connectivity index (χ2n) is 4.97. The molecule has 0 saturated heterocycles. The fraction of sp³-hybridized carbons (Fsp3) is 0.900. The molecule has 2 fully saturated rings. The van der Waals surface area contributed by atoms with Crippen LogP contribution in [0.5, 0.6) is 0 Å². The Morgan fingerprint density at radius 3 is 2.71 bits per heavy atom. The van der Waals surface area contributed by atoms with Gasteiger partial charge in [-0.05, 0) is 30.6 Å². The standard InChI is InChI=1S/C10H19N3O/c1-7-4-8(7)12-6-10(2-3-10)5-9(11)13-14/h7-8,12,14H,2-6H2,1H3,(H2,11,13). The molecule has 0 radical (unpaired) electrons. The van der Waals surface area contributed by atoms with Crippen molar-refractivity contribution in [3.05, 3.63) is 0 Å². The predicted molar refractivity (Wildman–Crippen MR) is 55.3 cm³/mol. The van der Waals surface area contributed by atoms with E-state index in [-0.39, 0.29) is 0 Å². The quantitative estimate of drug-likeness (QED) is 0.265. The van der Waals surface area contributed by atoms with E-state index in [9.17, 15) is 0 Å². The number of nitrogens with two attached hydrogens (primary N) is 1. The maximum absolute atomic E-state index is 8.50. The van der Waals surface area contributed by atoms with Crippen molar-refractivity contribution >= 4 is 5.84 Å². The van der Waals surface area contributed by atoms with Gasteiger partial charge in [-0.3, -0.25) is 0 Å². The molecular formula is C10H19N3O. The molecule has 0 aromatic carbocycles. The Bertz CT molecular complexity index is 248. The SMILES string of the molecule is CC1CC1NCC1(CC(N)=NO)CC1. The minimum Gasteiger partial charge on any atom is -0.409 e. The molecule has 0 aromatic heterocycles. The number of nitrogens with one attached hydrogen (secondary N) is 1. The van der Waals surface area contributed by atoms with Crippen LogP contribution in [0.25, 0.3) is 0 Å². The first-order valence-electron chi connectivity index (χ1n) is 5.35.